The van der Waals surface area contributed by atoms with Crippen molar-refractivity contribution in [3.63, 3.8) is 0 Å². The number of amides is 1. The van der Waals surface area contributed by atoms with E-state index in [1.54, 1.807) is 0 Å². The third-order valence-electron chi connectivity index (χ3n) is 2.96. The Morgan fingerprint density at radius 1 is 1.48 bits per heavy atom. The molecule has 7 heteroatoms. The van der Waals surface area contributed by atoms with Crippen molar-refractivity contribution in [2.75, 3.05) is 0 Å². The van der Waals surface area contributed by atoms with Crippen LogP contribution in [0.4, 0.5) is 0 Å². The summed E-state index contributed by atoms with van der Waals surface area (Å²) in [7, 11) is 0. The summed E-state index contributed by atoms with van der Waals surface area (Å²) in [4.78, 5) is 15.8. The Balaban J connectivity index is 1.99. The lowest BCUT2D eigenvalue weighted by Gasteiger charge is -2.17. The first-order valence-electron chi connectivity index (χ1n) is 6.46. The van der Waals surface area contributed by atoms with E-state index >= 15 is 0 Å². The summed E-state index contributed by atoms with van der Waals surface area (Å²) < 4.78 is 2.35. The molecule has 0 saturated heterocycles. The van der Waals surface area contributed by atoms with Crippen LogP contribution in [0.25, 0.3) is 0 Å². The van der Waals surface area contributed by atoms with Gasteiger partial charge in [-0.25, -0.2) is 9.67 Å². The van der Waals surface area contributed by atoms with Crippen LogP contribution < -0.4 is 5.32 Å². The second-order valence-corrected chi connectivity index (χ2v) is 5.37. The minimum atomic E-state index is -0.167. The zero-order valence-electron chi connectivity index (χ0n) is 11.5. The molecule has 1 N–H and O–H groups in total. The average Bonchev–Trinajstić information content (AvgIpc) is 2.93. The van der Waals surface area contributed by atoms with E-state index in [1.807, 2.05) is 37.3 Å². The predicted molar refractivity (Wildman–Crippen MR) is 80.1 cm³/mol. The van der Waals surface area contributed by atoms with Gasteiger partial charge in [0.05, 0.1) is 6.04 Å². The molecule has 0 aliphatic carbocycles. The first-order valence-corrected chi connectivity index (χ1v) is 7.26. The molecule has 0 spiro atoms. The number of hydrogen-bond acceptors (Lipinski definition) is 4. The van der Waals surface area contributed by atoms with Crippen LogP contribution in [0.3, 0.4) is 0 Å². The Bertz CT molecular complexity index is 659. The molecule has 0 saturated carbocycles. The maximum absolute atomic E-state index is 12.0. The molecule has 1 atom stereocenters. The minimum absolute atomic E-state index is 0.0434. The maximum atomic E-state index is 12.0. The van der Waals surface area contributed by atoms with Crippen LogP contribution in [0.15, 0.2) is 35.1 Å². The van der Waals surface area contributed by atoms with E-state index < -0.39 is 0 Å². The van der Waals surface area contributed by atoms with Crippen molar-refractivity contribution >= 4 is 21.8 Å². The Morgan fingerprint density at radius 2 is 2.19 bits per heavy atom. The van der Waals surface area contributed by atoms with Gasteiger partial charge in [-0.1, -0.05) is 35.0 Å². The Kier molecular flexibility index (Phi) is 5.06. The van der Waals surface area contributed by atoms with Gasteiger partial charge in [-0.3, -0.25) is 4.79 Å². The van der Waals surface area contributed by atoms with E-state index in [-0.39, 0.29) is 24.3 Å². The van der Waals surface area contributed by atoms with Crippen LogP contribution in [0, 0.1) is 11.3 Å². The highest BCUT2D eigenvalue weighted by Gasteiger charge is 2.13. The third-order valence-corrected chi connectivity index (χ3v) is 3.49. The monoisotopic (exact) mass is 347 g/mol. The second kappa shape index (κ2) is 6.99. The van der Waals surface area contributed by atoms with Gasteiger partial charge in [-0.05, 0) is 24.1 Å². The predicted octanol–water partition coefficient (Wildman–Crippen LogP) is 2.18. The van der Waals surface area contributed by atoms with E-state index in [2.05, 4.69) is 31.3 Å². The molecule has 0 fully saturated rings. The molecule has 1 aromatic heterocycles. The van der Waals surface area contributed by atoms with Gasteiger partial charge >= 0.3 is 0 Å². The highest BCUT2D eigenvalue weighted by atomic mass is 79.9. The number of halogens is 1. The fourth-order valence-corrected chi connectivity index (χ4v) is 2.19. The standard InChI is InChI=1S/C14H14BrN5O/c1-2-12(10-3-5-11(15)6-4-10)18-14(21)8-20-9-17-13(7-16)19-20/h3-6,9,12H,2,8H2,1H3,(H,18,21). The second-order valence-electron chi connectivity index (χ2n) is 4.46. The van der Waals surface area contributed by atoms with Crippen molar-refractivity contribution in [3.05, 3.63) is 46.5 Å². The summed E-state index contributed by atoms with van der Waals surface area (Å²) in [5.41, 5.74) is 1.05. The molecule has 1 heterocycles. The molecule has 0 bridgehead atoms. The first-order chi connectivity index (χ1) is 10.1. The fraction of sp³-hybridized carbons (Fsp3) is 0.286. The van der Waals surface area contributed by atoms with E-state index in [0.717, 1.165) is 16.5 Å². The molecule has 108 valence electrons. The molecule has 2 rings (SSSR count). The third kappa shape index (κ3) is 4.13. The van der Waals surface area contributed by atoms with Crippen molar-refractivity contribution in [1.29, 1.82) is 5.26 Å². The smallest absolute Gasteiger partial charge is 0.252 e. The topological polar surface area (TPSA) is 83.6 Å². The summed E-state index contributed by atoms with van der Waals surface area (Å²) in [6.45, 7) is 2.05. The molecule has 1 amide bonds. The number of rotatable bonds is 5. The molecule has 2 aromatic rings. The summed E-state index contributed by atoms with van der Waals surface area (Å²) in [6.07, 6.45) is 2.16. The van der Waals surface area contributed by atoms with Crippen LogP contribution in [-0.4, -0.2) is 20.7 Å². The van der Waals surface area contributed by atoms with E-state index in [4.69, 9.17) is 5.26 Å². The minimum Gasteiger partial charge on any atom is -0.348 e. The van der Waals surface area contributed by atoms with E-state index in [0.29, 0.717) is 0 Å². The quantitative estimate of drug-likeness (QED) is 0.898. The van der Waals surface area contributed by atoms with Gasteiger partial charge in [0.2, 0.25) is 5.91 Å². The Hall–Kier alpha value is -2.20. The van der Waals surface area contributed by atoms with Gasteiger partial charge < -0.3 is 5.32 Å². The largest absolute Gasteiger partial charge is 0.348 e. The number of aromatic nitrogens is 3. The van der Waals surface area contributed by atoms with Crippen LogP contribution in [0.1, 0.15) is 30.8 Å². The summed E-state index contributed by atoms with van der Waals surface area (Å²) in [5, 5.41) is 15.5. The van der Waals surface area contributed by atoms with Crippen molar-refractivity contribution in [1.82, 2.24) is 20.1 Å². The molecular formula is C14H14BrN5O. The zero-order valence-corrected chi connectivity index (χ0v) is 13.0. The Morgan fingerprint density at radius 3 is 2.76 bits per heavy atom. The molecule has 1 unspecified atom stereocenters. The number of nitrogens with one attached hydrogen (secondary N) is 1. The number of nitrogens with zero attached hydrogens (tertiary/aromatic N) is 4. The van der Waals surface area contributed by atoms with Gasteiger partial charge in [0.25, 0.3) is 5.82 Å². The van der Waals surface area contributed by atoms with Crippen molar-refractivity contribution in [3.8, 4) is 6.07 Å². The number of hydrogen-bond donors (Lipinski definition) is 1. The first kappa shape index (κ1) is 15.2. The van der Waals surface area contributed by atoms with Crippen molar-refractivity contribution in [2.24, 2.45) is 0 Å². The highest BCUT2D eigenvalue weighted by molar-refractivity contribution is 9.10. The van der Waals surface area contributed by atoms with Crippen LogP contribution >= 0.6 is 15.9 Å². The summed E-state index contributed by atoms with van der Waals surface area (Å²) in [6, 6.07) is 9.61. The summed E-state index contributed by atoms with van der Waals surface area (Å²) in [5.74, 6) is -0.109. The molecule has 0 radical (unpaired) electrons. The van der Waals surface area contributed by atoms with E-state index in [9.17, 15) is 4.79 Å². The molecule has 0 aliphatic heterocycles. The number of benzene rings is 1. The molecule has 6 nitrogen and oxygen atoms in total. The van der Waals surface area contributed by atoms with Gasteiger partial charge in [-0.2, -0.15) is 5.26 Å². The normalized spacial score (nSPS) is 11.7. The molecule has 1 aromatic carbocycles. The lowest BCUT2D eigenvalue weighted by atomic mass is 10.0. The van der Waals surface area contributed by atoms with Gasteiger partial charge in [0.15, 0.2) is 0 Å². The number of carbonyl (C=O) groups excluding carboxylic acids is 1. The molecule has 0 aliphatic rings. The lowest BCUT2D eigenvalue weighted by molar-refractivity contribution is -0.122. The van der Waals surface area contributed by atoms with Crippen LogP contribution in [0.5, 0.6) is 0 Å². The number of carbonyl (C=O) groups is 1. The maximum Gasteiger partial charge on any atom is 0.252 e. The summed E-state index contributed by atoms with van der Waals surface area (Å²) >= 11 is 3.39. The Labute approximate surface area is 130 Å². The zero-order chi connectivity index (χ0) is 15.2. The highest BCUT2D eigenvalue weighted by Crippen LogP contribution is 2.19. The van der Waals surface area contributed by atoms with Crippen molar-refractivity contribution < 1.29 is 4.79 Å². The van der Waals surface area contributed by atoms with Crippen LogP contribution in [-0.2, 0) is 11.3 Å². The molecule has 21 heavy (non-hydrogen) atoms. The van der Waals surface area contributed by atoms with Crippen LogP contribution in [0.2, 0.25) is 0 Å². The van der Waals surface area contributed by atoms with Gasteiger partial charge in [0.1, 0.15) is 18.9 Å². The van der Waals surface area contributed by atoms with Gasteiger partial charge in [0, 0.05) is 4.47 Å². The SMILES string of the molecule is CCC(NC(=O)Cn1cnc(C#N)n1)c1ccc(Br)cc1. The fourth-order valence-electron chi connectivity index (χ4n) is 1.93. The lowest BCUT2D eigenvalue weighted by Crippen LogP contribution is -2.31. The van der Waals surface area contributed by atoms with Gasteiger partial charge in [-0.15, -0.1) is 5.10 Å². The average molecular weight is 348 g/mol. The molecular weight excluding hydrogens is 334 g/mol. The van der Waals surface area contributed by atoms with E-state index in [1.165, 1.54) is 11.0 Å². The van der Waals surface area contributed by atoms with Crippen molar-refractivity contribution in [2.45, 2.75) is 25.9 Å². The number of nitriles is 1.